The van der Waals surface area contributed by atoms with Crippen LogP contribution in [-0.2, 0) is 4.79 Å². The second-order valence-corrected chi connectivity index (χ2v) is 11.9. The summed E-state index contributed by atoms with van der Waals surface area (Å²) in [7, 11) is 0. The average Bonchev–Trinajstić information content (AvgIpc) is 3.55. The molecule has 2 amide bonds. The Morgan fingerprint density at radius 3 is 2.33 bits per heavy atom. The molecule has 10 nitrogen and oxygen atoms in total. The van der Waals surface area contributed by atoms with E-state index >= 15 is 0 Å². The molecule has 6 rings (SSSR count). The lowest BCUT2D eigenvalue weighted by atomic mass is 9.74. The van der Waals surface area contributed by atoms with Gasteiger partial charge in [0.25, 0.3) is 5.91 Å². The Morgan fingerprint density at radius 1 is 1.02 bits per heavy atom. The molecule has 0 unspecified atom stereocenters. The molecule has 3 atom stereocenters. The number of carbonyl (C=O) groups excluding carboxylic acids is 2. The molecule has 16 heteroatoms. The summed E-state index contributed by atoms with van der Waals surface area (Å²) in [4.78, 5) is 30.3. The summed E-state index contributed by atoms with van der Waals surface area (Å²) in [5, 5.41) is 17.2. The molecule has 3 aliphatic rings. The molecule has 3 aliphatic carbocycles. The van der Waals surface area contributed by atoms with Gasteiger partial charge in [-0.05, 0) is 61.2 Å². The van der Waals surface area contributed by atoms with Gasteiger partial charge in [-0.3, -0.25) is 9.59 Å². The lowest BCUT2D eigenvalue weighted by molar-refractivity contribution is -0.313. The molecule has 0 radical (unpaired) electrons. The summed E-state index contributed by atoms with van der Waals surface area (Å²) in [6.07, 6.45) is 2.45. The number of alkyl halides is 6. The van der Waals surface area contributed by atoms with E-state index in [-0.39, 0.29) is 48.9 Å². The van der Waals surface area contributed by atoms with Gasteiger partial charge < -0.3 is 10.6 Å². The number of aromatic nitrogens is 5. The molecule has 0 bridgehead atoms. The average molecular weight is 614 g/mol. The van der Waals surface area contributed by atoms with Crippen LogP contribution < -0.4 is 10.6 Å². The highest BCUT2D eigenvalue weighted by Gasteiger charge is 2.71. The number of rotatable bonds is 9. The van der Waals surface area contributed by atoms with Crippen LogP contribution in [0, 0.1) is 24.7 Å². The Balaban J connectivity index is 1.23. The first kappa shape index (κ1) is 29.4. The van der Waals surface area contributed by atoms with E-state index in [4.69, 9.17) is 0 Å². The van der Waals surface area contributed by atoms with Crippen LogP contribution in [0.5, 0.6) is 0 Å². The van der Waals surface area contributed by atoms with Gasteiger partial charge in [-0.2, -0.15) is 22.7 Å². The highest BCUT2D eigenvalue weighted by Crippen LogP contribution is 2.56. The predicted octanol–water partition coefficient (Wildman–Crippen LogP) is 4.97. The summed E-state index contributed by atoms with van der Waals surface area (Å²) >= 11 is 0. The first-order valence-corrected chi connectivity index (χ1v) is 14.1. The molecule has 3 aromatic heterocycles. The van der Waals surface area contributed by atoms with Crippen LogP contribution in [0.25, 0.3) is 5.65 Å². The van der Waals surface area contributed by atoms with Crippen molar-refractivity contribution in [1.82, 2.24) is 35.5 Å². The molecular weight excluding hydrogens is 584 g/mol. The Kier molecular flexibility index (Phi) is 7.15. The molecular formula is C27H29F6N7O3. The van der Waals surface area contributed by atoms with Gasteiger partial charge in [-0.15, -0.1) is 0 Å². The van der Waals surface area contributed by atoms with Gasteiger partial charge in [-0.25, -0.2) is 22.9 Å². The van der Waals surface area contributed by atoms with E-state index in [9.17, 15) is 35.9 Å². The van der Waals surface area contributed by atoms with Crippen molar-refractivity contribution in [2.24, 2.45) is 17.8 Å². The zero-order valence-electron chi connectivity index (χ0n) is 23.0. The minimum absolute atomic E-state index is 0.0150. The number of imidazole rings is 1. The number of halogens is 6. The zero-order chi connectivity index (χ0) is 30.7. The van der Waals surface area contributed by atoms with Crippen LogP contribution in [0.2, 0.25) is 0 Å². The van der Waals surface area contributed by atoms with E-state index in [1.54, 1.807) is 19.2 Å². The Labute approximate surface area is 240 Å². The normalized spacial score (nSPS) is 24.2. The first-order chi connectivity index (χ1) is 20.2. The van der Waals surface area contributed by atoms with Crippen LogP contribution in [0.4, 0.5) is 26.3 Å². The second kappa shape index (κ2) is 10.5. The number of hydrogen-bond donors (Lipinski definition) is 2. The van der Waals surface area contributed by atoms with E-state index in [1.165, 1.54) is 10.7 Å². The van der Waals surface area contributed by atoms with Gasteiger partial charge >= 0.3 is 11.8 Å². The summed E-state index contributed by atoms with van der Waals surface area (Å²) in [6, 6.07) is 0.315. The van der Waals surface area contributed by atoms with Crippen LogP contribution in [0.3, 0.4) is 0 Å². The number of carbonyl (C=O) groups is 2. The van der Waals surface area contributed by atoms with Gasteiger partial charge in [-0.1, -0.05) is 5.16 Å². The van der Waals surface area contributed by atoms with E-state index in [0.717, 1.165) is 12.8 Å². The molecule has 3 aromatic rings. The van der Waals surface area contributed by atoms with Gasteiger partial charge in [0.1, 0.15) is 5.69 Å². The SMILES string of the molecule is Cc1nonc1C(=O)N[C@H](c1cn2ncc([C@H](NC(=O)C[C@@H]3CC(F)(F)C3(F)F)C3CC3)cc2n1)C1CCC(F)(F)CC1. The Morgan fingerprint density at radius 2 is 1.72 bits per heavy atom. The molecule has 232 valence electrons. The molecule has 0 aromatic carbocycles. The van der Waals surface area contributed by atoms with Crippen molar-refractivity contribution in [2.45, 2.75) is 88.1 Å². The summed E-state index contributed by atoms with van der Waals surface area (Å²) < 4.78 is 87.9. The molecule has 0 aliphatic heterocycles. The predicted molar refractivity (Wildman–Crippen MR) is 135 cm³/mol. The Bertz CT molecular complexity index is 1530. The fourth-order valence-corrected chi connectivity index (χ4v) is 6.01. The van der Waals surface area contributed by atoms with E-state index in [2.05, 4.69) is 35.7 Å². The maximum absolute atomic E-state index is 13.9. The topological polar surface area (TPSA) is 127 Å². The van der Waals surface area contributed by atoms with Crippen LogP contribution in [-0.4, -0.2) is 54.5 Å². The van der Waals surface area contributed by atoms with Crippen molar-refractivity contribution in [3.63, 3.8) is 0 Å². The monoisotopic (exact) mass is 613 g/mol. The van der Waals surface area contributed by atoms with Crippen molar-refractivity contribution in [3.05, 3.63) is 41.1 Å². The van der Waals surface area contributed by atoms with Crippen LogP contribution in [0.15, 0.2) is 23.1 Å². The molecule has 43 heavy (non-hydrogen) atoms. The standard InChI is InChI=1S/C27H29F6N7O3/c1-13-21(39-43-38-13)24(42)37-23(15-4-6-25(28,29)7-5-15)18-12-40-19(35-18)8-16(11-34-40)22(14-2-3-14)36-20(41)9-17-10-26(30,31)27(17,32)33/h8,11-12,14-15,17,22-23H,2-7,9-10H2,1H3,(H,36,41)(H,37,42)/t17-,22-,23+/m1/s1. The minimum Gasteiger partial charge on any atom is -0.349 e. The molecule has 3 heterocycles. The molecule has 3 fully saturated rings. The largest absolute Gasteiger partial charge is 0.349 e. The molecule has 0 spiro atoms. The number of hydrogen-bond acceptors (Lipinski definition) is 7. The van der Waals surface area contributed by atoms with Crippen molar-refractivity contribution in [1.29, 1.82) is 0 Å². The third-order valence-electron chi connectivity index (χ3n) is 8.77. The van der Waals surface area contributed by atoms with Gasteiger partial charge in [0.15, 0.2) is 11.3 Å². The summed E-state index contributed by atoms with van der Waals surface area (Å²) in [5.74, 6) is -14.6. The maximum atomic E-state index is 13.9. The zero-order valence-corrected chi connectivity index (χ0v) is 23.0. The quantitative estimate of drug-likeness (QED) is 0.327. The Hall–Kier alpha value is -3.72. The fourth-order valence-electron chi connectivity index (χ4n) is 6.01. The van der Waals surface area contributed by atoms with Crippen molar-refractivity contribution >= 4 is 17.5 Å². The lowest BCUT2D eigenvalue weighted by Crippen LogP contribution is -2.59. The van der Waals surface area contributed by atoms with E-state index in [1.807, 2.05) is 0 Å². The maximum Gasteiger partial charge on any atom is 0.313 e. The molecule has 3 saturated carbocycles. The van der Waals surface area contributed by atoms with Gasteiger partial charge in [0.05, 0.1) is 30.2 Å². The molecule has 0 saturated heterocycles. The van der Waals surface area contributed by atoms with Crippen molar-refractivity contribution in [3.8, 4) is 0 Å². The highest BCUT2D eigenvalue weighted by atomic mass is 19.3. The first-order valence-electron chi connectivity index (χ1n) is 14.1. The van der Waals surface area contributed by atoms with Gasteiger partial charge in [0.2, 0.25) is 11.8 Å². The molecule has 2 N–H and O–H groups in total. The second-order valence-electron chi connectivity index (χ2n) is 11.9. The van der Waals surface area contributed by atoms with Crippen LogP contribution in [0.1, 0.15) is 90.9 Å². The smallest absolute Gasteiger partial charge is 0.313 e. The number of fused-ring (bicyclic) bond motifs is 1. The summed E-state index contributed by atoms with van der Waals surface area (Å²) in [5.41, 5.74) is 1.49. The number of nitrogens with zero attached hydrogens (tertiary/aromatic N) is 5. The summed E-state index contributed by atoms with van der Waals surface area (Å²) in [6.45, 7) is 1.54. The highest BCUT2D eigenvalue weighted by molar-refractivity contribution is 5.93. The number of nitrogens with one attached hydrogen (secondary N) is 2. The van der Waals surface area contributed by atoms with Crippen LogP contribution >= 0.6 is 0 Å². The lowest BCUT2D eigenvalue weighted by Gasteiger charge is -2.43. The third-order valence-corrected chi connectivity index (χ3v) is 8.77. The van der Waals surface area contributed by atoms with Crippen molar-refractivity contribution < 1.29 is 40.6 Å². The number of amides is 2. The fraction of sp³-hybridized carbons (Fsp3) is 0.630. The third kappa shape index (κ3) is 5.67. The van der Waals surface area contributed by atoms with E-state index < -0.39 is 60.4 Å². The van der Waals surface area contributed by atoms with Crippen molar-refractivity contribution in [2.75, 3.05) is 0 Å². The number of aryl methyl sites for hydroxylation is 1. The van der Waals surface area contributed by atoms with E-state index in [0.29, 0.717) is 16.9 Å². The van der Waals surface area contributed by atoms with Gasteiger partial charge in [0, 0.05) is 31.6 Å². The minimum atomic E-state index is -4.23.